The van der Waals surface area contributed by atoms with Crippen molar-refractivity contribution in [1.82, 2.24) is 0 Å². The first-order valence-electron chi connectivity index (χ1n) is 3.78. The minimum absolute atomic E-state index is 0.993. The zero-order valence-electron chi connectivity index (χ0n) is 5.84. The molecule has 0 aromatic rings. The molecule has 2 atom stereocenters. The van der Waals surface area contributed by atoms with Crippen molar-refractivity contribution in [2.75, 3.05) is 6.16 Å². The van der Waals surface area contributed by atoms with Gasteiger partial charge in [0, 0.05) is 0 Å². The highest BCUT2D eigenvalue weighted by Gasteiger charge is 2.06. The van der Waals surface area contributed by atoms with E-state index >= 15 is 0 Å². The zero-order valence-corrected chi connectivity index (χ0v) is 7.00. The second kappa shape index (κ2) is 4.06. The van der Waals surface area contributed by atoms with E-state index in [0.717, 1.165) is 5.92 Å². The average Bonchev–Trinajstić information content (AvgIpc) is 1.91. The van der Waals surface area contributed by atoms with Gasteiger partial charge in [-0.05, 0) is 37.8 Å². The van der Waals surface area contributed by atoms with Crippen LogP contribution in [0.5, 0.6) is 0 Å². The molecular weight excluding hydrogens is 127 g/mol. The standard InChI is InChI=1S/C8H15P/c9-7-6-8-4-2-1-3-5-8/h1-2,8H,3-7,9H2/t8-/m1/s1. The molecule has 1 unspecified atom stereocenters. The molecule has 0 nitrogen and oxygen atoms in total. The molecule has 1 aliphatic carbocycles. The summed E-state index contributed by atoms with van der Waals surface area (Å²) in [6.07, 6.45) is 11.4. The SMILES string of the molecule is PCC[C@@H]1CC=CCC1. The van der Waals surface area contributed by atoms with Gasteiger partial charge >= 0.3 is 0 Å². The molecule has 0 aromatic heterocycles. The number of hydrogen-bond acceptors (Lipinski definition) is 0. The van der Waals surface area contributed by atoms with Crippen molar-refractivity contribution in [3.05, 3.63) is 12.2 Å². The van der Waals surface area contributed by atoms with Gasteiger partial charge in [-0.1, -0.05) is 12.2 Å². The van der Waals surface area contributed by atoms with Gasteiger partial charge in [0.25, 0.3) is 0 Å². The van der Waals surface area contributed by atoms with Gasteiger partial charge in [-0.3, -0.25) is 0 Å². The van der Waals surface area contributed by atoms with Gasteiger partial charge in [-0.25, -0.2) is 0 Å². The number of hydrogen-bond donors (Lipinski definition) is 0. The van der Waals surface area contributed by atoms with Crippen LogP contribution < -0.4 is 0 Å². The summed E-state index contributed by atoms with van der Waals surface area (Å²) in [6, 6.07) is 0. The third-order valence-electron chi connectivity index (χ3n) is 1.95. The maximum Gasteiger partial charge on any atom is -0.0322 e. The Morgan fingerprint density at radius 1 is 1.44 bits per heavy atom. The van der Waals surface area contributed by atoms with Crippen molar-refractivity contribution in [1.29, 1.82) is 0 Å². The maximum absolute atomic E-state index is 2.80. The van der Waals surface area contributed by atoms with Gasteiger partial charge in [0.05, 0.1) is 0 Å². The Bertz CT molecular complexity index is 96.7. The van der Waals surface area contributed by atoms with Crippen LogP contribution in [0.2, 0.25) is 0 Å². The third-order valence-corrected chi connectivity index (χ3v) is 2.29. The van der Waals surface area contributed by atoms with E-state index in [1.807, 2.05) is 0 Å². The van der Waals surface area contributed by atoms with Gasteiger partial charge < -0.3 is 0 Å². The first kappa shape index (κ1) is 7.28. The smallest absolute Gasteiger partial charge is 0.0322 e. The van der Waals surface area contributed by atoms with Crippen molar-refractivity contribution in [3.63, 3.8) is 0 Å². The molecule has 0 heterocycles. The Morgan fingerprint density at radius 3 is 2.89 bits per heavy atom. The molecule has 0 radical (unpaired) electrons. The monoisotopic (exact) mass is 142 g/mol. The van der Waals surface area contributed by atoms with E-state index in [0.29, 0.717) is 0 Å². The van der Waals surface area contributed by atoms with E-state index in [1.54, 1.807) is 0 Å². The van der Waals surface area contributed by atoms with Crippen LogP contribution in [-0.4, -0.2) is 6.16 Å². The average molecular weight is 142 g/mol. The summed E-state index contributed by atoms with van der Waals surface area (Å²) < 4.78 is 0. The number of rotatable bonds is 2. The lowest BCUT2D eigenvalue weighted by molar-refractivity contribution is 0.469. The summed E-state index contributed by atoms with van der Waals surface area (Å²) in [5.41, 5.74) is 0. The molecule has 0 aromatic carbocycles. The molecule has 0 N–H and O–H groups in total. The first-order chi connectivity index (χ1) is 4.43. The van der Waals surface area contributed by atoms with Crippen LogP contribution in [0.1, 0.15) is 25.7 Å². The van der Waals surface area contributed by atoms with Gasteiger partial charge in [0.15, 0.2) is 0 Å². The molecule has 0 saturated carbocycles. The van der Waals surface area contributed by atoms with E-state index < -0.39 is 0 Å². The molecule has 52 valence electrons. The summed E-state index contributed by atoms with van der Waals surface area (Å²) >= 11 is 0. The van der Waals surface area contributed by atoms with Crippen LogP contribution in [0.25, 0.3) is 0 Å². The highest BCUT2D eigenvalue weighted by atomic mass is 31.0. The van der Waals surface area contributed by atoms with Gasteiger partial charge in [-0.15, -0.1) is 9.24 Å². The van der Waals surface area contributed by atoms with Crippen LogP contribution in [0.3, 0.4) is 0 Å². The van der Waals surface area contributed by atoms with E-state index in [-0.39, 0.29) is 0 Å². The van der Waals surface area contributed by atoms with Crippen molar-refractivity contribution in [3.8, 4) is 0 Å². The Labute approximate surface area is 59.9 Å². The third kappa shape index (κ3) is 2.49. The Balaban J connectivity index is 2.18. The molecule has 9 heavy (non-hydrogen) atoms. The molecule has 0 fully saturated rings. The maximum atomic E-state index is 2.80. The highest BCUT2D eigenvalue weighted by Crippen LogP contribution is 2.21. The lowest BCUT2D eigenvalue weighted by atomic mass is 9.92. The predicted octanol–water partition coefficient (Wildman–Crippen LogP) is 2.61. The summed E-state index contributed by atoms with van der Waals surface area (Å²) in [6.45, 7) is 0. The Hall–Kier alpha value is 0.170. The Kier molecular flexibility index (Phi) is 3.28. The predicted molar refractivity (Wildman–Crippen MR) is 45.7 cm³/mol. The zero-order chi connectivity index (χ0) is 6.53. The summed E-state index contributed by atoms with van der Waals surface area (Å²) in [4.78, 5) is 0. The first-order valence-corrected chi connectivity index (χ1v) is 4.60. The van der Waals surface area contributed by atoms with Crippen LogP contribution in [0.4, 0.5) is 0 Å². The van der Waals surface area contributed by atoms with E-state index in [2.05, 4.69) is 21.4 Å². The molecular formula is C8H15P. The molecule has 0 aliphatic heterocycles. The molecule has 0 spiro atoms. The summed E-state index contributed by atoms with van der Waals surface area (Å²) in [7, 11) is 2.80. The van der Waals surface area contributed by atoms with Crippen LogP contribution in [-0.2, 0) is 0 Å². The van der Waals surface area contributed by atoms with Crippen molar-refractivity contribution < 1.29 is 0 Å². The molecule has 1 aliphatic rings. The number of allylic oxidation sites excluding steroid dienone is 2. The summed E-state index contributed by atoms with van der Waals surface area (Å²) in [5, 5.41) is 0. The second-order valence-corrected chi connectivity index (χ2v) is 3.31. The van der Waals surface area contributed by atoms with E-state index in [9.17, 15) is 0 Å². The normalized spacial score (nSPS) is 26.6. The molecule has 1 heteroatoms. The summed E-state index contributed by atoms with van der Waals surface area (Å²) in [5.74, 6) is 0.993. The van der Waals surface area contributed by atoms with Gasteiger partial charge in [0.1, 0.15) is 0 Å². The highest BCUT2D eigenvalue weighted by molar-refractivity contribution is 7.16. The molecule has 1 rings (SSSR count). The Morgan fingerprint density at radius 2 is 2.33 bits per heavy atom. The van der Waals surface area contributed by atoms with E-state index in [1.165, 1.54) is 31.8 Å². The minimum atomic E-state index is 0.993. The fraction of sp³-hybridized carbons (Fsp3) is 0.750. The topological polar surface area (TPSA) is 0 Å². The second-order valence-electron chi connectivity index (χ2n) is 2.73. The van der Waals surface area contributed by atoms with Crippen molar-refractivity contribution >= 4 is 9.24 Å². The fourth-order valence-corrected chi connectivity index (χ4v) is 1.83. The van der Waals surface area contributed by atoms with Crippen LogP contribution >= 0.6 is 9.24 Å². The van der Waals surface area contributed by atoms with Crippen molar-refractivity contribution in [2.45, 2.75) is 25.7 Å². The lowest BCUT2D eigenvalue weighted by Gasteiger charge is -2.15. The van der Waals surface area contributed by atoms with Gasteiger partial charge in [-0.2, -0.15) is 0 Å². The van der Waals surface area contributed by atoms with Crippen LogP contribution in [0, 0.1) is 5.92 Å². The molecule has 0 bridgehead atoms. The van der Waals surface area contributed by atoms with Crippen LogP contribution in [0.15, 0.2) is 12.2 Å². The fourth-order valence-electron chi connectivity index (χ4n) is 1.35. The quantitative estimate of drug-likeness (QED) is 0.410. The lowest BCUT2D eigenvalue weighted by Crippen LogP contribution is -2.02. The molecule has 0 amide bonds. The van der Waals surface area contributed by atoms with E-state index in [4.69, 9.17) is 0 Å². The van der Waals surface area contributed by atoms with Crippen molar-refractivity contribution in [2.24, 2.45) is 5.92 Å². The largest absolute Gasteiger partial charge is 0.138 e. The molecule has 0 saturated heterocycles. The minimum Gasteiger partial charge on any atom is -0.138 e. The van der Waals surface area contributed by atoms with Gasteiger partial charge in [0.2, 0.25) is 0 Å².